The van der Waals surface area contributed by atoms with Crippen LogP contribution in [0.5, 0.6) is 0 Å². The third-order valence-corrected chi connectivity index (χ3v) is 3.35. The first-order valence-corrected chi connectivity index (χ1v) is 5.92. The highest BCUT2D eigenvalue weighted by Crippen LogP contribution is 2.22. The lowest BCUT2D eigenvalue weighted by atomic mass is 9.93. The SMILES string of the molecule is Cc1nnc(CN2CC(CN)CCC2C)o1. The fraction of sp³-hybridized carbons (Fsp3) is 0.818. The van der Waals surface area contributed by atoms with Crippen LogP contribution in [-0.4, -0.2) is 34.2 Å². The van der Waals surface area contributed by atoms with E-state index in [2.05, 4.69) is 22.0 Å². The Balaban J connectivity index is 1.96. The van der Waals surface area contributed by atoms with E-state index in [1.54, 1.807) is 0 Å². The smallest absolute Gasteiger partial charge is 0.230 e. The van der Waals surface area contributed by atoms with Crippen molar-refractivity contribution in [1.82, 2.24) is 15.1 Å². The molecule has 1 aliphatic rings. The molecule has 2 rings (SSSR count). The number of aryl methyl sites for hydroxylation is 1. The summed E-state index contributed by atoms with van der Waals surface area (Å²) in [5, 5.41) is 7.88. The quantitative estimate of drug-likeness (QED) is 0.827. The summed E-state index contributed by atoms with van der Waals surface area (Å²) in [6.07, 6.45) is 2.44. The Kier molecular flexibility index (Phi) is 3.56. The molecule has 90 valence electrons. The van der Waals surface area contributed by atoms with Gasteiger partial charge < -0.3 is 10.2 Å². The molecule has 2 unspecified atom stereocenters. The normalized spacial score (nSPS) is 27.2. The summed E-state index contributed by atoms with van der Waals surface area (Å²) in [7, 11) is 0. The Labute approximate surface area is 96.0 Å². The summed E-state index contributed by atoms with van der Waals surface area (Å²) in [5.41, 5.74) is 5.73. The van der Waals surface area contributed by atoms with Crippen molar-refractivity contribution >= 4 is 0 Å². The Morgan fingerprint density at radius 2 is 2.25 bits per heavy atom. The maximum absolute atomic E-state index is 5.73. The third-order valence-electron chi connectivity index (χ3n) is 3.35. The molecule has 0 radical (unpaired) electrons. The highest BCUT2D eigenvalue weighted by molar-refractivity contribution is 4.85. The van der Waals surface area contributed by atoms with Gasteiger partial charge in [-0.3, -0.25) is 4.90 Å². The van der Waals surface area contributed by atoms with E-state index in [0.717, 1.165) is 19.6 Å². The molecule has 1 aromatic heterocycles. The fourth-order valence-corrected chi connectivity index (χ4v) is 2.25. The Hall–Kier alpha value is -0.940. The van der Waals surface area contributed by atoms with Crippen molar-refractivity contribution in [2.24, 2.45) is 11.7 Å². The molecule has 0 amide bonds. The highest BCUT2D eigenvalue weighted by atomic mass is 16.4. The fourth-order valence-electron chi connectivity index (χ4n) is 2.25. The second-order valence-electron chi connectivity index (χ2n) is 4.67. The van der Waals surface area contributed by atoms with Crippen LogP contribution >= 0.6 is 0 Å². The van der Waals surface area contributed by atoms with Crippen molar-refractivity contribution in [1.29, 1.82) is 0 Å². The minimum atomic E-state index is 0.579. The minimum absolute atomic E-state index is 0.579. The molecule has 1 aliphatic heterocycles. The van der Waals surface area contributed by atoms with E-state index in [1.165, 1.54) is 12.8 Å². The van der Waals surface area contributed by atoms with Crippen LogP contribution in [0.15, 0.2) is 4.42 Å². The van der Waals surface area contributed by atoms with Crippen molar-refractivity contribution in [3.63, 3.8) is 0 Å². The first-order valence-electron chi connectivity index (χ1n) is 5.92. The predicted molar refractivity (Wildman–Crippen MR) is 60.7 cm³/mol. The molecule has 1 fully saturated rings. The topological polar surface area (TPSA) is 68.2 Å². The Morgan fingerprint density at radius 3 is 2.88 bits per heavy atom. The zero-order valence-corrected chi connectivity index (χ0v) is 10.0. The van der Waals surface area contributed by atoms with Crippen molar-refractivity contribution < 1.29 is 4.42 Å². The first-order chi connectivity index (χ1) is 7.69. The molecule has 5 heteroatoms. The van der Waals surface area contributed by atoms with Gasteiger partial charge in [0.05, 0.1) is 6.54 Å². The Bertz CT molecular complexity index is 338. The van der Waals surface area contributed by atoms with Gasteiger partial charge in [-0.05, 0) is 32.2 Å². The molecule has 2 heterocycles. The van der Waals surface area contributed by atoms with Gasteiger partial charge in [-0.25, -0.2) is 0 Å². The van der Waals surface area contributed by atoms with Crippen LogP contribution in [0, 0.1) is 12.8 Å². The van der Waals surface area contributed by atoms with E-state index in [-0.39, 0.29) is 0 Å². The van der Waals surface area contributed by atoms with Gasteiger partial charge in [-0.15, -0.1) is 10.2 Å². The van der Waals surface area contributed by atoms with E-state index in [4.69, 9.17) is 10.2 Å². The number of hydrogen-bond acceptors (Lipinski definition) is 5. The molecule has 0 bridgehead atoms. The molecule has 16 heavy (non-hydrogen) atoms. The average Bonchev–Trinajstić information content (AvgIpc) is 2.67. The monoisotopic (exact) mass is 224 g/mol. The van der Waals surface area contributed by atoms with E-state index in [9.17, 15) is 0 Å². The highest BCUT2D eigenvalue weighted by Gasteiger charge is 2.25. The molecule has 0 aromatic carbocycles. The second-order valence-corrected chi connectivity index (χ2v) is 4.67. The summed E-state index contributed by atoms with van der Waals surface area (Å²) in [6, 6.07) is 0.579. The summed E-state index contributed by atoms with van der Waals surface area (Å²) < 4.78 is 5.41. The third kappa shape index (κ3) is 2.59. The van der Waals surface area contributed by atoms with Gasteiger partial charge in [0, 0.05) is 19.5 Å². The van der Waals surface area contributed by atoms with Crippen molar-refractivity contribution in [2.45, 2.75) is 39.3 Å². The zero-order chi connectivity index (χ0) is 11.5. The molecular formula is C11H20N4O. The number of aromatic nitrogens is 2. The lowest BCUT2D eigenvalue weighted by Crippen LogP contribution is -2.43. The summed E-state index contributed by atoms with van der Waals surface area (Å²) in [5.74, 6) is 1.96. The molecule has 0 saturated carbocycles. The maximum Gasteiger partial charge on any atom is 0.230 e. The lowest BCUT2D eigenvalue weighted by molar-refractivity contribution is 0.103. The van der Waals surface area contributed by atoms with Crippen molar-refractivity contribution in [3.8, 4) is 0 Å². The van der Waals surface area contributed by atoms with Gasteiger partial charge in [0.1, 0.15) is 0 Å². The molecule has 2 N–H and O–H groups in total. The number of rotatable bonds is 3. The van der Waals surface area contributed by atoms with Crippen molar-refractivity contribution in [3.05, 3.63) is 11.8 Å². The van der Waals surface area contributed by atoms with Gasteiger partial charge in [0.15, 0.2) is 0 Å². The van der Waals surface area contributed by atoms with E-state index in [1.807, 2.05) is 6.92 Å². The number of piperidine rings is 1. The largest absolute Gasteiger partial charge is 0.424 e. The van der Waals surface area contributed by atoms with Gasteiger partial charge >= 0.3 is 0 Å². The van der Waals surface area contributed by atoms with E-state index in [0.29, 0.717) is 23.7 Å². The van der Waals surface area contributed by atoms with Crippen LogP contribution < -0.4 is 5.73 Å². The summed E-state index contributed by atoms with van der Waals surface area (Å²) in [4.78, 5) is 2.38. The minimum Gasteiger partial charge on any atom is -0.424 e. The average molecular weight is 224 g/mol. The van der Waals surface area contributed by atoms with Crippen LogP contribution in [0.4, 0.5) is 0 Å². The summed E-state index contributed by atoms with van der Waals surface area (Å²) >= 11 is 0. The maximum atomic E-state index is 5.73. The molecule has 2 atom stereocenters. The molecule has 0 spiro atoms. The molecule has 0 aliphatic carbocycles. The van der Waals surface area contributed by atoms with Crippen LogP contribution in [0.1, 0.15) is 31.5 Å². The van der Waals surface area contributed by atoms with Gasteiger partial charge in [-0.1, -0.05) is 0 Å². The van der Waals surface area contributed by atoms with E-state index < -0.39 is 0 Å². The zero-order valence-electron chi connectivity index (χ0n) is 10.0. The van der Waals surface area contributed by atoms with E-state index >= 15 is 0 Å². The van der Waals surface area contributed by atoms with Gasteiger partial charge in [-0.2, -0.15) is 0 Å². The summed E-state index contributed by atoms with van der Waals surface area (Å²) in [6.45, 7) is 6.62. The number of nitrogens with zero attached hydrogens (tertiary/aromatic N) is 3. The van der Waals surface area contributed by atoms with Crippen molar-refractivity contribution in [2.75, 3.05) is 13.1 Å². The van der Waals surface area contributed by atoms with Crippen LogP contribution in [0.25, 0.3) is 0 Å². The van der Waals surface area contributed by atoms with Crippen LogP contribution in [0.3, 0.4) is 0 Å². The Morgan fingerprint density at radius 1 is 1.44 bits per heavy atom. The number of hydrogen-bond donors (Lipinski definition) is 1. The molecular weight excluding hydrogens is 204 g/mol. The first kappa shape index (κ1) is 11.5. The molecule has 5 nitrogen and oxygen atoms in total. The number of nitrogens with two attached hydrogens (primary N) is 1. The molecule has 1 aromatic rings. The second kappa shape index (κ2) is 4.93. The number of likely N-dealkylation sites (tertiary alicyclic amines) is 1. The lowest BCUT2D eigenvalue weighted by Gasteiger charge is -2.36. The van der Waals surface area contributed by atoms with Crippen LogP contribution in [0.2, 0.25) is 0 Å². The molecule has 1 saturated heterocycles. The standard InChI is InChI=1S/C11H20N4O/c1-8-3-4-10(5-12)6-15(8)7-11-14-13-9(2)16-11/h8,10H,3-7,12H2,1-2H3. The predicted octanol–water partition coefficient (Wildman–Crippen LogP) is 0.937. The van der Waals surface area contributed by atoms with Gasteiger partial charge in [0.25, 0.3) is 0 Å². The van der Waals surface area contributed by atoms with Gasteiger partial charge in [0.2, 0.25) is 11.8 Å². The van der Waals surface area contributed by atoms with Crippen LogP contribution in [-0.2, 0) is 6.54 Å².